The normalized spacial score (nSPS) is 13.0. The van der Waals surface area contributed by atoms with E-state index in [-0.39, 0.29) is 6.23 Å². The van der Waals surface area contributed by atoms with Crippen molar-refractivity contribution in [2.24, 2.45) is 5.92 Å². The molecule has 1 unspecified atom stereocenters. The maximum atomic E-state index is 6.02. The molecule has 1 atom stereocenters. The first-order valence-electron chi connectivity index (χ1n) is 9.57. The van der Waals surface area contributed by atoms with Crippen LogP contribution in [0.5, 0.6) is 5.75 Å². The lowest BCUT2D eigenvalue weighted by Crippen LogP contribution is -2.48. The molecule has 0 spiro atoms. The summed E-state index contributed by atoms with van der Waals surface area (Å²) in [6, 6.07) is 18.9. The van der Waals surface area contributed by atoms with E-state index >= 15 is 0 Å². The molecule has 0 saturated heterocycles. The van der Waals surface area contributed by atoms with Crippen LogP contribution in [0.15, 0.2) is 54.6 Å². The number of nitrogens with zero attached hydrogens (tertiary/aromatic N) is 1. The number of quaternary nitrogens is 1. The molecular weight excluding hydrogens is 322 g/mol. The first-order valence-corrected chi connectivity index (χ1v) is 9.57. The van der Waals surface area contributed by atoms with Crippen LogP contribution in [0.3, 0.4) is 0 Å². The average molecular weight is 357 g/mol. The highest BCUT2D eigenvalue weighted by molar-refractivity contribution is 5.22. The predicted octanol–water partition coefficient (Wildman–Crippen LogP) is 4.90. The molecular formula is C23H34NO2+. The summed E-state index contributed by atoms with van der Waals surface area (Å²) in [7, 11) is 4.43. The van der Waals surface area contributed by atoms with Gasteiger partial charge in [0.1, 0.15) is 18.9 Å². The Kier molecular flexibility index (Phi) is 7.67. The second kappa shape index (κ2) is 9.75. The first-order chi connectivity index (χ1) is 12.4. The maximum Gasteiger partial charge on any atom is 0.190 e. The Balaban J connectivity index is 1.78. The van der Waals surface area contributed by atoms with Gasteiger partial charge in [0, 0.05) is 12.5 Å². The fraction of sp³-hybridized carbons (Fsp3) is 0.478. The number of para-hydroxylation sites is 1. The zero-order valence-corrected chi connectivity index (χ0v) is 16.9. The molecule has 2 rings (SSSR count). The molecule has 142 valence electrons. The van der Waals surface area contributed by atoms with E-state index in [1.165, 1.54) is 11.1 Å². The van der Waals surface area contributed by atoms with E-state index in [1.807, 2.05) is 30.3 Å². The van der Waals surface area contributed by atoms with Crippen molar-refractivity contribution in [2.75, 3.05) is 27.3 Å². The van der Waals surface area contributed by atoms with Crippen LogP contribution >= 0.6 is 0 Å². The lowest BCUT2D eigenvalue weighted by Gasteiger charge is -2.35. The van der Waals surface area contributed by atoms with Crippen molar-refractivity contribution in [3.05, 3.63) is 65.7 Å². The molecule has 0 aliphatic carbocycles. The molecule has 3 nitrogen and oxygen atoms in total. The summed E-state index contributed by atoms with van der Waals surface area (Å²) >= 11 is 0. The number of ether oxygens (including phenoxy) is 2. The second-order valence-electron chi connectivity index (χ2n) is 7.98. The summed E-state index contributed by atoms with van der Waals surface area (Å²) in [6.45, 7) is 8.75. The highest BCUT2D eigenvalue weighted by Crippen LogP contribution is 2.17. The summed E-state index contributed by atoms with van der Waals surface area (Å²) in [5.41, 5.74) is 2.76. The molecule has 26 heavy (non-hydrogen) atoms. The van der Waals surface area contributed by atoms with E-state index in [0.717, 1.165) is 23.2 Å². The molecule has 0 aromatic heterocycles. The topological polar surface area (TPSA) is 18.5 Å². The van der Waals surface area contributed by atoms with Gasteiger partial charge in [0.25, 0.3) is 0 Å². The molecule has 0 bridgehead atoms. The van der Waals surface area contributed by atoms with Gasteiger partial charge in [0.15, 0.2) is 6.23 Å². The standard InChI is InChI=1S/C23H34NO2/c1-19(2)17-21-11-13-22(14-12-21)18-24(4,5)20(3)25-15-16-26-23-9-7-6-8-10-23/h6-14,19-20H,15-18H2,1-5H3/q+1. The van der Waals surface area contributed by atoms with E-state index < -0.39 is 0 Å². The van der Waals surface area contributed by atoms with Crippen molar-refractivity contribution in [1.82, 2.24) is 0 Å². The van der Waals surface area contributed by atoms with E-state index in [0.29, 0.717) is 19.1 Å². The van der Waals surface area contributed by atoms with E-state index in [1.54, 1.807) is 0 Å². The maximum absolute atomic E-state index is 6.02. The SMILES string of the molecule is CC(C)Cc1ccc(C[N+](C)(C)C(C)OCCOc2ccccc2)cc1. The van der Waals surface area contributed by atoms with Crippen LogP contribution in [0, 0.1) is 5.92 Å². The third kappa shape index (κ3) is 6.81. The monoisotopic (exact) mass is 356 g/mol. The van der Waals surface area contributed by atoms with Gasteiger partial charge >= 0.3 is 0 Å². The predicted molar refractivity (Wildman–Crippen MR) is 108 cm³/mol. The van der Waals surface area contributed by atoms with Crippen LogP contribution in [-0.4, -0.2) is 38.0 Å². The molecule has 0 amide bonds. The minimum Gasteiger partial charge on any atom is -0.491 e. The van der Waals surface area contributed by atoms with Gasteiger partial charge in [0.2, 0.25) is 0 Å². The van der Waals surface area contributed by atoms with Gasteiger partial charge < -0.3 is 9.47 Å². The molecule has 3 heteroatoms. The van der Waals surface area contributed by atoms with Crippen molar-refractivity contribution in [3.63, 3.8) is 0 Å². The Labute approximate surface area is 159 Å². The molecule has 0 aliphatic heterocycles. The fourth-order valence-corrected chi connectivity index (χ4v) is 2.95. The van der Waals surface area contributed by atoms with Gasteiger partial charge in [-0.15, -0.1) is 0 Å². The Morgan fingerprint density at radius 2 is 1.42 bits per heavy atom. The van der Waals surface area contributed by atoms with Crippen LogP contribution in [0.1, 0.15) is 31.9 Å². The summed E-state index contributed by atoms with van der Waals surface area (Å²) < 4.78 is 12.5. The lowest BCUT2D eigenvalue weighted by molar-refractivity contribution is -0.947. The zero-order chi connectivity index (χ0) is 19.0. The van der Waals surface area contributed by atoms with Gasteiger partial charge in [-0.1, -0.05) is 56.3 Å². The highest BCUT2D eigenvalue weighted by Gasteiger charge is 2.25. The Bertz CT molecular complexity index is 635. The molecule has 2 aromatic rings. The summed E-state index contributed by atoms with van der Waals surface area (Å²) in [4.78, 5) is 0. The second-order valence-corrected chi connectivity index (χ2v) is 7.98. The molecule has 0 saturated carbocycles. The van der Waals surface area contributed by atoms with Crippen LogP contribution < -0.4 is 4.74 Å². The highest BCUT2D eigenvalue weighted by atomic mass is 16.5. The number of benzene rings is 2. The van der Waals surface area contributed by atoms with Crippen LogP contribution in [0.25, 0.3) is 0 Å². The van der Waals surface area contributed by atoms with E-state index in [2.05, 4.69) is 59.1 Å². The van der Waals surface area contributed by atoms with Crippen LogP contribution in [-0.2, 0) is 17.7 Å². The molecule has 2 aromatic carbocycles. The minimum absolute atomic E-state index is 0.102. The van der Waals surface area contributed by atoms with Gasteiger partial charge in [-0.25, -0.2) is 0 Å². The van der Waals surface area contributed by atoms with E-state index in [9.17, 15) is 0 Å². The number of hydrogen-bond donors (Lipinski definition) is 0. The first kappa shape index (κ1) is 20.5. The molecule has 0 fully saturated rings. The van der Waals surface area contributed by atoms with Gasteiger partial charge in [-0.05, 0) is 30.0 Å². The van der Waals surface area contributed by atoms with Gasteiger partial charge in [-0.2, -0.15) is 0 Å². The van der Waals surface area contributed by atoms with Crippen molar-refractivity contribution >= 4 is 0 Å². The third-order valence-corrected chi connectivity index (χ3v) is 4.70. The minimum atomic E-state index is 0.102. The molecule has 0 N–H and O–H groups in total. The van der Waals surface area contributed by atoms with Crippen molar-refractivity contribution in [3.8, 4) is 5.75 Å². The largest absolute Gasteiger partial charge is 0.491 e. The van der Waals surface area contributed by atoms with Gasteiger partial charge in [0.05, 0.1) is 20.7 Å². The van der Waals surface area contributed by atoms with Crippen LogP contribution in [0.2, 0.25) is 0 Å². The summed E-state index contributed by atoms with van der Waals surface area (Å²) in [6.07, 6.45) is 1.24. The van der Waals surface area contributed by atoms with Crippen LogP contribution in [0.4, 0.5) is 0 Å². The number of rotatable bonds is 10. The van der Waals surface area contributed by atoms with Crippen molar-refractivity contribution in [2.45, 2.75) is 40.0 Å². The smallest absolute Gasteiger partial charge is 0.190 e. The molecule has 0 radical (unpaired) electrons. The average Bonchev–Trinajstić information content (AvgIpc) is 2.60. The summed E-state index contributed by atoms with van der Waals surface area (Å²) in [5.74, 6) is 1.58. The van der Waals surface area contributed by atoms with Gasteiger partial charge in [-0.3, -0.25) is 4.48 Å². The number of hydrogen-bond acceptors (Lipinski definition) is 2. The Morgan fingerprint density at radius 3 is 2.04 bits per heavy atom. The quantitative estimate of drug-likeness (QED) is 0.342. The Morgan fingerprint density at radius 1 is 0.808 bits per heavy atom. The fourth-order valence-electron chi connectivity index (χ4n) is 2.95. The molecule has 0 heterocycles. The Hall–Kier alpha value is -1.84. The lowest BCUT2D eigenvalue weighted by atomic mass is 10.0. The zero-order valence-electron chi connectivity index (χ0n) is 16.9. The van der Waals surface area contributed by atoms with Crippen molar-refractivity contribution in [1.29, 1.82) is 0 Å². The van der Waals surface area contributed by atoms with Crippen molar-refractivity contribution < 1.29 is 14.0 Å². The van der Waals surface area contributed by atoms with E-state index in [4.69, 9.17) is 9.47 Å². The molecule has 0 aliphatic rings. The third-order valence-electron chi connectivity index (χ3n) is 4.70. The summed E-state index contributed by atoms with van der Waals surface area (Å²) in [5, 5.41) is 0.